The highest BCUT2D eigenvalue weighted by Gasteiger charge is 2.29. The van der Waals surface area contributed by atoms with Crippen molar-refractivity contribution in [1.82, 2.24) is 4.57 Å². The lowest BCUT2D eigenvalue weighted by Gasteiger charge is -2.27. The third-order valence-corrected chi connectivity index (χ3v) is 7.62. The first-order chi connectivity index (χ1) is 16.3. The number of aryl methyl sites for hydroxylation is 2. The molecule has 0 saturated heterocycles. The first kappa shape index (κ1) is 22.3. The Bertz CT molecular complexity index is 1490. The van der Waals surface area contributed by atoms with Gasteiger partial charge in [0.2, 0.25) is 0 Å². The fraction of sp³-hybridized carbons (Fsp3) is 0.231. The number of aromatic nitrogens is 1. The van der Waals surface area contributed by atoms with Crippen molar-refractivity contribution in [3.05, 3.63) is 71.8 Å². The number of nitrogens with zero attached hydrogens (tertiary/aromatic N) is 1. The van der Waals surface area contributed by atoms with Gasteiger partial charge in [-0.2, -0.15) is 8.42 Å². The summed E-state index contributed by atoms with van der Waals surface area (Å²) in [5.41, 5.74) is 4.68. The number of hydrogen-bond acceptors (Lipinski definition) is 6. The largest absolute Gasteiger partial charge is 0.508 e. The molecule has 0 aliphatic carbocycles. The highest BCUT2D eigenvalue weighted by atomic mass is 32.2. The summed E-state index contributed by atoms with van der Waals surface area (Å²) in [6, 6.07) is 17.9. The summed E-state index contributed by atoms with van der Waals surface area (Å²) in [7, 11) is -2.43. The molecular weight excluding hydrogens is 454 g/mol. The molecule has 5 rings (SSSR count). The average molecular weight is 480 g/mol. The fourth-order valence-corrected chi connectivity index (χ4v) is 5.72. The molecule has 0 bridgehead atoms. The Balaban J connectivity index is 1.48. The summed E-state index contributed by atoms with van der Waals surface area (Å²) >= 11 is 0. The van der Waals surface area contributed by atoms with Gasteiger partial charge in [0.1, 0.15) is 34.9 Å². The molecule has 0 saturated carbocycles. The van der Waals surface area contributed by atoms with E-state index in [-0.39, 0.29) is 17.3 Å². The SMILES string of the molecule is COc1ccc(-c2c(C)c3cccc4c3n2CC(COS(=O)(=O)c2cc(O)ccc2C)O4)cc1. The van der Waals surface area contributed by atoms with Crippen LogP contribution in [0.25, 0.3) is 22.2 Å². The fourth-order valence-electron chi connectivity index (χ4n) is 4.54. The van der Waals surface area contributed by atoms with Crippen LogP contribution in [0.3, 0.4) is 0 Å². The molecular formula is C26H25NO6S. The second kappa shape index (κ2) is 8.38. The van der Waals surface area contributed by atoms with Crippen molar-refractivity contribution >= 4 is 21.0 Å². The number of methoxy groups -OCH3 is 1. The van der Waals surface area contributed by atoms with Crippen molar-refractivity contribution in [2.24, 2.45) is 0 Å². The van der Waals surface area contributed by atoms with E-state index in [2.05, 4.69) is 17.6 Å². The van der Waals surface area contributed by atoms with Crippen LogP contribution in [0.15, 0.2) is 65.6 Å². The zero-order valence-electron chi connectivity index (χ0n) is 19.1. The van der Waals surface area contributed by atoms with Crippen LogP contribution in [0.4, 0.5) is 0 Å². The van der Waals surface area contributed by atoms with E-state index in [1.807, 2.05) is 36.4 Å². The molecule has 7 nitrogen and oxygen atoms in total. The van der Waals surface area contributed by atoms with Crippen LogP contribution in [0.2, 0.25) is 0 Å². The van der Waals surface area contributed by atoms with Crippen molar-refractivity contribution < 1.29 is 27.2 Å². The quantitative estimate of drug-likeness (QED) is 0.400. The highest BCUT2D eigenvalue weighted by molar-refractivity contribution is 7.86. The van der Waals surface area contributed by atoms with Gasteiger partial charge in [0.05, 0.1) is 24.9 Å². The third-order valence-electron chi connectivity index (χ3n) is 6.19. The van der Waals surface area contributed by atoms with Crippen LogP contribution in [0, 0.1) is 13.8 Å². The Hall–Kier alpha value is -3.49. The maximum absolute atomic E-state index is 12.8. The molecule has 0 radical (unpaired) electrons. The number of ether oxygens (including phenoxy) is 2. The summed E-state index contributed by atoms with van der Waals surface area (Å²) in [5.74, 6) is 1.33. The molecule has 1 N–H and O–H groups in total. The molecule has 8 heteroatoms. The molecule has 1 aliphatic heterocycles. The zero-order valence-corrected chi connectivity index (χ0v) is 19.9. The minimum Gasteiger partial charge on any atom is -0.508 e. The Kier molecular flexibility index (Phi) is 5.50. The molecule has 1 atom stereocenters. The Morgan fingerprint density at radius 3 is 2.59 bits per heavy atom. The Morgan fingerprint density at radius 1 is 1.09 bits per heavy atom. The molecule has 176 valence electrons. The monoisotopic (exact) mass is 479 g/mol. The van der Waals surface area contributed by atoms with Gasteiger partial charge in [-0.15, -0.1) is 0 Å². The summed E-state index contributed by atoms with van der Waals surface area (Å²) in [4.78, 5) is -0.0539. The maximum atomic E-state index is 12.8. The van der Waals surface area contributed by atoms with Crippen LogP contribution in [-0.2, 0) is 20.8 Å². The van der Waals surface area contributed by atoms with E-state index in [1.165, 1.54) is 12.1 Å². The van der Waals surface area contributed by atoms with Gasteiger partial charge >= 0.3 is 0 Å². The van der Waals surface area contributed by atoms with E-state index >= 15 is 0 Å². The van der Waals surface area contributed by atoms with Crippen LogP contribution < -0.4 is 9.47 Å². The first-order valence-corrected chi connectivity index (χ1v) is 12.3. The van der Waals surface area contributed by atoms with E-state index in [4.69, 9.17) is 13.7 Å². The minimum atomic E-state index is -4.07. The van der Waals surface area contributed by atoms with Crippen LogP contribution >= 0.6 is 0 Å². The number of phenolic OH excluding ortho intramolecular Hbond substituents is 1. The molecule has 0 spiro atoms. The lowest BCUT2D eigenvalue weighted by atomic mass is 10.1. The lowest BCUT2D eigenvalue weighted by molar-refractivity contribution is 0.111. The molecule has 4 aromatic rings. The number of phenols is 1. The van der Waals surface area contributed by atoms with Crippen LogP contribution in [-0.4, -0.2) is 37.9 Å². The number of benzene rings is 3. The Labute approximate surface area is 198 Å². The second-order valence-corrected chi connectivity index (χ2v) is 9.98. The first-order valence-electron chi connectivity index (χ1n) is 10.9. The van der Waals surface area contributed by atoms with Crippen molar-refractivity contribution in [2.45, 2.75) is 31.4 Å². The van der Waals surface area contributed by atoms with Crippen LogP contribution in [0.5, 0.6) is 17.2 Å². The van der Waals surface area contributed by atoms with E-state index in [0.29, 0.717) is 17.9 Å². The van der Waals surface area contributed by atoms with Crippen molar-refractivity contribution in [2.75, 3.05) is 13.7 Å². The normalized spacial score (nSPS) is 15.3. The van der Waals surface area contributed by atoms with Crippen molar-refractivity contribution in [3.8, 4) is 28.5 Å². The standard InChI is InChI=1S/C26H25NO6S/c1-16-7-10-19(28)13-24(16)34(29,30)32-15-21-14-27-25(18-8-11-20(31-3)12-9-18)17(2)22-5-4-6-23(33-21)26(22)27/h4-13,21,28H,14-15H2,1-3H3. The van der Waals surface area contributed by atoms with Gasteiger partial charge in [-0.1, -0.05) is 18.2 Å². The molecule has 1 aromatic heterocycles. The summed E-state index contributed by atoms with van der Waals surface area (Å²) in [6.45, 7) is 4.00. The van der Waals surface area contributed by atoms with Crippen molar-refractivity contribution in [1.29, 1.82) is 0 Å². The van der Waals surface area contributed by atoms with Crippen molar-refractivity contribution in [3.63, 3.8) is 0 Å². The lowest BCUT2D eigenvalue weighted by Crippen LogP contribution is -2.33. The number of hydrogen-bond donors (Lipinski definition) is 1. The number of aromatic hydroxyl groups is 1. The molecule has 3 aromatic carbocycles. The van der Waals surface area contributed by atoms with Gasteiger partial charge in [0.15, 0.2) is 0 Å². The van der Waals surface area contributed by atoms with E-state index in [9.17, 15) is 13.5 Å². The average Bonchev–Trinajstić information content (AvgIpc) is 3.12. The van der Waals surface area contributed by atoms with E-state index in [0.717, 1.165) is 33.5 Å². The van der Waals surface area contributed by atoms with Gasteiger partial charge in [0, 0.05) is 11.5 Å². The predicted octanol–water partition coefficient (Wildman–Crippen LogP) is 4.81. The Morgan fingerprint density at radius 2 is 1.85 bits per heavy atom. The zero-order chi connectivity index (χ0) is 24.0. The van der Waals surface area contributed by atoms with Gasteiger partial charge in [-0.25, -0.2) is 0 Å². The minimum absolute atomic E-state index is 0.0539. The number of rotatable bonds is 6. The summed E-state index contributed by atoms with van der Waals surface area (Å²) in [5, 5.41) is 10.8. The molecule has 0 fully saturated rings. The molecule has 34 heavy (non-hydrogen) atoms. The second-order valence-electron chi connectivity index (χ2n) is 8.39. The predicted molar refractivity (Wildman–Crippen MR) is 129 cm³/mol. The topological polar surface area (TPSA) is 87.0 Å². The molecule has 0 amide bonds. The van der Waals surface area contributed by atoms with Gasteiger partial charge in [-0.3, -0.25) is 4.18 Å². The highest BCUT2D eigenvalue weighted by Crippen LogP contribution is 2.41. The maximum Gasteiger partial charge on any atom is 0.297 e. The summed E-state index contributed by atoms with van der Waals surface area (Å²) in [6.07, 6.45) is -0.519. The summed E-state index contributed by atoms with van der Waals surface area (Å²) < 4.78 is 44.7. The molecule has 2 heterocycles. The van der Waals surface area contributed by atoms with E-state index < -0.39 is 16.2 Å². The van der Waals surface area contributed by atoms with E-state index in [1.54, 1.807) is 20.1 Å². The molecule has 1 aliphatic rings. The van der Waals surface area contributed by atoms with Crippen LogP contribution in [0.1, 0.15) is 11.1 Å². The number of para-hydroxylation sites is 1. The third kappa shape index (κ3) is 3.78. The smallest absolute Gasteiger partial charge is 0.297 e. The van der Waals surface area contributed by atoms with Gasteiger partial charge < -0.3 is 19.1 Å². The van der Waals surface area contributed by atoms with Gasteiger partial charge in [0.25, 0.3) is 10.1 Å². The van der Waals surface area contributed by atoms with Gasteiger partial charge in [-0.05, 0) is 66.9 Å². The molecule has 1 unspecified atom stereocenters.